The predicted octanol–water partition coefficient (Wildman–Crippen LogP) is 1.20. The Hall–Kier alpha value is -0.810. The fourth-order valence-corrected chi connectivity index (χ4v) is 2.02. The Morgan fingerprint density at radius 1 is 1.28 bits per heavy atom. The van der Waals surface area contributed by atoms with Gasteiger partial charge in [0.2, 0.25) is 0 Å². The van der Waals surface area contributed by atoms with Crippen LogP contribution in [0, 0.1) is 0 Å². The molecule has 0 atom stereocenters. The number of rotatable bonds is 6. The molecule has 0 radical (unpaired) electrons. The smallest absolute Gasteiger partial charge is 0.314 e. The third-order valence-corrected chi connectivity index (χ3v) is 3.36. The van der Waals surface area contributed by atoms with E-state index in [9.17, 15) is 4.79 Å². The summed E-state index contributed by atoms with van der Waals surface area (Å²) >= 11 is 0. The Morgan fingerprint density at radius 3 is 2.56 bits per heavy atom. The largest absolute Gasteiger partial charge is 0.379 e. The molecule has 0 unspecified atom stereocenters. The molecule has 1 fully saturated rings. The molecule has 1 heterocycles. The van der Waals surface area contributed by atoms with Gasteiger partial charge in [0.15, 0.2) is 0 Å². The third-order valence-electron chi connectivity index (χ3n) is 3.36. The van der Waals surface area contributed by atoms with Crippen LogP contribution in [0.25, 0.3) is 0 Å². The van der Waals surface area contributed by atoms with Gasteiger partial charge in [0.1, 0.15) is 0 Å². The molecular weight excluding hydrogens is 230 g/mol. The van der Waals surface area contributed by atoms with E-state index in [2.05, 4.69) is 36.3 Å². The zero-order valence-electron chi connectivity index (χ0n) is 11.9. The maximum Gasteiger partial charge on any atom is 0.314 e. The van der Waals surface area contributed by atoms with Crippen LogP contribution < -0.4 is 10.6 Å². The van der Waals surface area contributed by atoms with E-state index in [0.717, 1.165) is 45.7 Å². The van der Waals surface area contributed by atoms with E-state index in [1.54, 1.807) is 0 Å². The van der Waals surface area contributed by atoms with Gasteiger partial charge in [0.05, 0.1) is 13.2 Å². The molecular formula is C13H27N3O2. The Labute approximate surface area is 110 Å². The second kappa shape index (κ2) is 7.59. The first-order valence-electron chi connectivity index (χ1n) is 6.91. The van der Waals surface area contributed by atoms with Gasteiger partial charge in [0.25, 0.3) is 0 Å². The minimum absolute atomic E-state index is 0.0219. The molecule has 5 heteroatoms. The van der Waals surface area contributed by atoms with Gasteiger partial charge < -0.3 is 15.4 Å². The monoisotopic (exact) mass is 257 g/mol. The van der Waals surface area contributed by atoms with Gasteiger partial charge >= 0.3 is 6.03 Å². The summed E-state index contributed by atoms with van der Waals surface area (Å²) in [5.41, 5.74) is -0.0219. The number of nitrogens with one attached hydrogen (secondary N) is 2. The van der Waals surface area contributed by atoms with E-state index in [1.807, 2.05) is 0 Å². The van der Waals surface area contributed by atoms with Crippen molar-refractivity contribution in [3.05, 3.63) is 0 Å². The van der Waals surface area contributed by atoms with Crippen molar-refractivity contribution in [1.82, 2.24) is 15.5 Å². The van der Waals surface area contributed by atoms with Crippen molar-refractivity contribution in [2.75, 3.05) is 39.4 Å². The van der Waals surface area contributed by atoms with Crippen molar-refractivity contribution in [3.8, 4) is 0 Å². The second-order valence-corrected chi connectivity index (χ2v) is 5.37. The van der Waals surface area contributed by atoms with Crippen LogP contribution in [-0.2, 0) is 4.74 Å². The predicted molar refractivity (Wildman–Crippen MR) is 72.8 cm³/mol. The van der Waals surface area contributed by atoms with Crippen LogP contribution in [-0.4, -0.2) is 55.9 Å². The number of amides is 2. The summed E-state index contributed by atoms with van der Waals surface area (Å²) in [4.78, 5) is 13.9. The summed E-state index contributed by atoms with van der Waals surface area (Å²) in [6.07, 6.45) is 2.12. The number of unbranched alkanes of at least 4 members (excludes halogenated alkanes) is 1. The van der Waals surface area contributed by atoms with Crippen molar-refractivity contribution < 1.29 is 9.53 Å². The summed E-state index contributed by atoms with van der Waals surface area (Å²) in [6, 6.07) is -0.0650. The Morgan fingerprint density at radius 2 is 1.94 bits per heavy atom. The maximum atomic E-state index is 11.6. The van der Waals surface area contributed by atoms with Crippen LogP contribution in [0.1, 0.15) is 33.6 Å². The number of ether oxygens (including phenoxy) is 1. The first-order valence-corrected chi connectivity index (χ1v) is 6.91. The summed E-state index contributed by atoms with van der Waals surface area (Å²) in [5, 5.41) is 5.81. The minimum Gasteiger partial charge on any atom is -0.379 e. The molecule has 106 valence electrons. The molecule has 1 rings (SSSR count). The number of nitrogens with zero attached hydrogens (tertiary/aromatic N) is 1. The molecule has 1 aliphatic rings. The molecule has 2 N–H and O–H groups in total. The summed E-state index contributed by atoms with van der Waals surface area (Å²) < 4.78 is 5.34. The average Bonchev–Trinajstić information content (AvgIpc) is 2.38. The van der Waals surface area contributed by atoms with Gasteiger partial charge in [-0.3, -0.25) is 4.90 Å². The van der Waals surface area contributed by atoms with Crippen molar-refractivity contribution in [2.45, 2.75) is 39.2 Å². The second-order valence-electron chi connectivity index (χ2n) is 5.37. The molecule has 0 aromatic carbocycles. The Balaban J connectivity index is 2.24. The van der Waals surface area contributed by atoms with E-state index in [-0.39, 0.29) is 11.6 Å². The lowest BCUT2D eigenvalue weighted by Gasteiger charge is -2.40. The van der Waals surface area contributed by atoms with E-state index in [0.29, 0.717) is 6.54 Å². The van der Waals surface area contributed by atoms with Gasteiger partial charge in [-0.1, -0.05) is 13.3 Å². The van der Waals surface area contributed by atoms with E-state index < -0.39 is 0 Å². The molecule has 1 aliphatic heterocycles. The van der Waals surface area contributed by atoms with Gasteiger partial charge in [-0.05, 0) is 20.3 Å². The summed E-state index contributed by atoms with van der Waals surface area (Å²) in [7, 11) is 0. The van der Waals surface area contributed by atoms with Gasteiger partial charge in [0, 0.05) is 31.7 Å². The molecule has 0 aliphatic carbocycles. The van der Waals surface area contributed by atoms with Crippen molar-refractivity contribution in [1.29, 1.82) is 0 Å². The zero-order valence-corrected chi connectivity index (χ0v) is 11.9. The normalized spacial score (nSPS) is 17.5. The fourth-order valence-electron chi connectivity index (χ4n) is 2.02. The van der Waals surface area contributed by atoms with Gasteiger partial charge in [-0.15, -0.1) is 0 Å². The topological polar surface area (TPSA) is 53.6 Å². The number of urea groups is 1. The van der Waals surface area contributed by atoms with Crippen LogP contribution >= 0.6 is 0 Å². The van der Waals surface area contributed by atoms with E-state index >= 15 is 0 Å². The minimum atomic E-state index is -0.0650. The Bertz CT molecular complexity index is 251. The molecule has 5 nitrogen and oxygen atoms in total. The quantitative estimate of drug-likeness (QED) is 0.703. The van der Waals surface area contributed by atoms with Crippen molar-refractivity contribution >= 4 is 6.03 Å². The highest BCUT2D eigenvalue weighted by molar-refractivity contribution is 5.73. The summed E-state index contributed by atoms with van der Waals surface area (Å²) in [5.74, 6) is 0. The van der Waals surface area contributed by atoms with Gasteiger partial charge in [-0.25, -0.2) is 4.79 Å². The molecule has 18 heavy (non-hydrogen) atoms. The number of hydrogen-bond acceptors (Lipinski definition) is 3. The molecule has 2 amide bonds. The van der Waals surface area contributed by atoms with E-state index in [1.165, 1.54) is 0 Å². The third kappa shape index (κ3) is 5.23. The van der Waals surface area contributed by atoms with Crippen LogP contribution in [0.15, 0.2) is 0 Å². The standard InChI is InChI=1S/C13H27N3O2/c1-4-5-6-14-12(17)15-11-13(2,3)16-7-9-18-10-8-16/h4-11H2,1-3H3,(H2,14,15,17). The molecule has 0 aromatic rings. The molecule has 0 bridgehead atoms. The maximum absolute atomic E-state index is 11.6. The average molecular weight is 257 g/mol. The first kappa shape index (κ1) is 15.2. The lowest BCUT2D eigenvalue weighted by atomic mass is 10.0. The molecule has 1 saturated heterocycles. The van der Waals surface area contributed by atoms with Crippen LogP contribution in [0.5, 0.6) is 0 Å². The first-order chi connectivity index (χ1) is 8.56. The number of carbonyl (C=O) groups excluding carboxylic acids is 1. The zero-order chi connectivity index (χ0) is 13.4. The lowest BCUT2D eigenvalue weighted by Crippen LogP contribution is -2.56. The molecule has 0 aromatic heterocycles. The van der Waals surface area contributed by atoms with Crippen molar-refractivity contribution in [3.63, 3.8) is 0 Å². The van der Waals surface area contributed by atoms with Crippen LogP contribution in [0.2, 0.25) is 0 Å². The van der Waals surface area contributed by atoms with Gasteiger partial charge in [-0.2, -0.15) is 0 Å². The number of morpholine rings is 1. The SMILES string of the molecule is CCCCNC(=O)NCC(C)(C)N1CCOCC1. The highest BCUT2D eigenvalue weighted by Gasteiger charge is 2.28. The Kier molecular flexibility index (Phi) is 6.43. The molecule has 0 spiro atoms. The number of carbonyl (C=O) groups is 1. The summed E-state index contributed by atoms with van der Waals surface area (Å²) in [6.45, 7) is 11.3. The van der Waals surface area contributed by atoms with E-state index in [4.69, 9.17) is 4.74 Å². The van der Waals surface area contributed by atoms with Crippen LogP contribution in [0.4, 0.5) is 4.79 Å². The highest BCUT2D eigenvalue weighted by atomic mass is 16.5. The van der Waals surface area contributed by atoms with Crippen molar-refractivity contribution in [2.24, 2.45) is 0 Å². The highest BCUT2D eigenvalue weighted by Crippen LogP contribution is 2.14. The fraction of sp³-hybridized carbons (Fsp3) is 0.923. The lowest BCUT2D eigenvalue weighted by molar-refractivity contribution is -0.00874. The number of hydrogen-bond donors (Lipinski definition) is 2. The van der Waals surface area contributed by atoms with Crippen LogP contribution in [0.3, 0.4) is 0 Å². The molecule has 0 saturated carbocycles.